The van der Waals surface area contributed by atoms with Crippen molar-refractivity contribution in [1.29, 1.82) is 0 Å². The highest BCUT2D eigenvalue weighted by Crippen LogP contribution is 2.28. The molecule has 1 heterocycles. The molecule has 0 aromatic carbocycles. The Balaban J connectivity index is 1.77. The first-order valence-electron chi connectivity index (χ1n) is 7.40. The predicted molar refractivity (Wildman–Crippen MR) is 83.5 cm³/mol. The molecule has 1 saturated carbocycles. The molecule has 3 N–H and O–H groups in total. The van der Waals surface area contributed by atoms with Crippen molar-refractivity contribution in [3.8, 4) is 0 Å². The van der Waals surface area contributed by atoms with Crippen LogP contribution in [0.2, 0.25) is 0 Å². The van der Waals surface area contributed by atoms with E-state index in [1.807, 2.05) is 6.07 Å². The zero-order valence-corrected chi connectivity index (χ0v) is 13.4. The average Bonchev–Trinajstić information content (AvgIpc) is 3.06. The van der Waals surface area contributed by atoms with E-state index in [0.29, 0.717) is 17.3 Å². The highest BCUT2D eigenvalue weighted by atomic mass is 32.2. The van der Waals surface area contributed by atoms with Gasteiger partial charge in [0.05, 0.1) is 0 Å². The van der Waals surface area contributed by atoms with Crippen LogP contribution in [0.3, 0.4) is 0 Å². The van der Waals surface area contributed by atoms with E-state index < -0.39 is 10.0 Å². The number of sulfonamides is 1. The van der Waals surface area contributed by atoms with Crippen LogP contribution in [0.1, 0.15) is 43.4 Å². The first-order valence-corrected chi connectivity index (χ1v) is 9.70. The van der Waals surface area contributed by atoms with Crippen molar-refractivity contribution in [1.82, 2.24) is 4.72 Å². The van der Waals surface area contributed by atoms with Gasteiger partial charge in [0, 0.05) is 11.4 Å². The van der Waals surface area contributed by atoms with Gasteiger partial charge in [-0.2, -0.15) is 0 Å². The number of hydrogen-bond acceptors (Lipinski definition) is 4. The molecule has 6 heteroatoms. The number of nitrogens with one attached hydrogen (secondary N) is 1. The Bertz CT molecular complexity index is 505. The third-order valence-corrected chi connectivity index (χ3v) is 6.95. The molecule has 0 radical (unpaired) electrons. The molecule has 2 rings (SSSR count). The molecule has 0 aliphatic heterocycles. The van der Waals surface area contributed by atoms with Crippen LogP contribution in [0, 0.1) is 5.92 Å². The highest BCUT2D eigenvalue weighted by Gasteiger charge is 2.17. The molecule has 0 unspecified atom stereocenters. The average molecular weight is 316 g/mol. The van der Waals surface area contributed by atoms with Crippen LogP contribution in [0.4, 0.5) is 0 Å². The monoisotopic (exact) mass is 316 g/mol. The summed E-state index contributed by atoms with van der Waals surface area (Å²) >= 11 is 1.32. The summed E-state index contributed by atoms with van der Waals surface area (Å²) in [4.78, 5) is 1.03. The Hall–Kier alpha value is -0.430. The molecule has 0 amide bonds. The van der Waals surface area contributed by atoms with Crippen LogP contribution in [0.5, 0.6) is 0 Å². The van der Waals surface area contributed by atoms with Crippen molar-refractivity contribution < 1.29 is 8.42 Å². The van der Waals surface area contributed by atoms with Crippen molar-refractivity contribution in [2.24, 2.45) is 11.7 Å². The largest absolute Gasteiger partial charge is 0.330 e. The van der Waals surface area contributed by atoms with Gasteiger partial charge < -0.3 is 5.73 Å². The maximum Gasteiger partial charge on any atom is 0.250 e. The molecule has 20 heavy (non-hydrogen) atoms. The van der Waals surface area contributed by atoms with Gasteiger partial charge in [0.25, 0.3) is 0 Å². The fourth-order valence-electron chi connectivity index (χ4n) is 2.75. The van der Waals surface area contributed by atoms with Gasteiger partial charge in [-0.25, -0.2) is 13.1 Å². The van der Waals surface area contributed by atoms with E-state index in [0.717, 1.165) is 30.1 Å². The van der Waals surface area contributed by atoms with Gasteiger partial charge in [-0.1, -0.05) is 25.7 Å². The minimum atomic E-state index is -3.33. The van der Waals surface area contributed by atoms with Crippen molar-refractivity contribution in [2.45, 2.75) is 49.2 Å². The number of thiophene rings is 1. The molecule has 1 aliphatic carbocycles. The molecule has 0 atom stereocenters. The first-order chi connectivity index (χ1) is 9.62. The van der Waals surface area contributed by atoms with Crippen LogP contribution >= 0.6 is 11.3 Å². The van der Waals surface area contributed by atoms with Crippen molar-refractivity contribution in [2.75, 3.05) is 13.1 Å². The maximum atomic E-state index is 12.1. The van der Waals surface area contributed by atoms with Gasteiger partial charge >= 0.3 is 0 Å². The summed E-state index contributed by atoms with van der Waals surface area (Å²) in [5.41, 5.74) is 5.48. The van der Waals surface area contributed by atoms with Gasteiger partial charge in [-0.3, -0.25) is 0 Å². The summed E-state index contributed by atoms with van der Waals surface area (Å²) in [7, 11) is -3.33. The summed E-state index contributed by atoms with van der Waals surface area (Å²) in [5, 5.41) is 0. The molecule has 4 nitrogen and oxygen atoms in total. The lowest BCUT2D eigenvalue weighted by Crippen LogP contribution is -2.24. The van der Waals surface area contributed by atoms with E-state index in [-0.39, 0.29) is 0 Å². The Morgan fingerprint density at radius 3 is 2.75 bits per heavy atom. The second kappa shape index (κ2) is 7.54. The van der Waals surface area contributed by atoms with E-state index in [2.05, 4.69) is 4.72 Å². The van der Waals surface area contributed by atoms with Gasteiger partial charge in [0.2, 0.25) is 10.0 Å². The lowest BCUT2D eigenvalue weighted by atomic mass is 10.0. The molecular weight excluding hydrogens is 292 g/mol. The lowest BCUT2D eigenvalue weighted by molar-refractivity contribution is 0.480. The highest BCUT2D eigenvalue weighted by molar-refractivity contribution is 7.91. The fourth-order valence-corrected chi connectivity index (χ4v) is 5.24. The van der Waals surface area contributed by atoms with Gasteiger partial charge in [0.15, 0.2) is 0 Å². The topological polar surface area (TPSA) is 72.2 Å². The zero-order valence-electron chi connectivity index (χ0n) is 11.8. The van der Waals surface area contributed by atoms with Crippen LogP contribution in [0.25, 0.3) is 0 Å². The molecule has 1 aliphatic rings. The minimum absolute atomic E-state index is 0.404. The van der Waals surface area contributed by atoms with Crippen LogP contribution in [0.15, 0.2) is 16.3 Å². The number of nitrogens with two attached hydrogens (primary N) is 1. The molecule has 0 spiro atoms. The molecular formula is C14H24N2O2S2. The predicted octanol–water partition coefficient (Wildman–Crippen LogP) is 2.50. The summed E-state index contributed by atoms with van der Waals surface area (Å²) in [6, 6.07) is 3.53. The second-order valence-electron chi connectivity index (χ2n) is 5.45. The smallest absolute Gasteiger partial charge is 0.250 e. The maximum absolute atomic E-state index is 12.1. The van der Waals surface area contributed by atoms with Gasteiger partial charge in [0.1, 0.15) is 4.21 Å². The van der Waals surface area contributed by atoms with E-state index >= 15 is 0 Å². The van der Waals surface area contributed by atoms with Crippen molar-refractivity contribution >= 4 is 21.4 Å². The Morgan fingerprint density at radius 2 is 2.05 bits per heavy atom. The van der Waals surface area contributed by atoms with Crippen LogP contribution in [-0.2, 0) is 16.4 Å². The van der Waals surface area contributed by atoms with Crippen molar-refractivity contribution in [3.05, 3.63) is 17.0 Å². The van der Waals surface area contributed by atoms with E-state index in [4.69, 9.17) is 5.73 Å². The molecule has 114 valence electrons. The van der Waals surface area contributed by atoms with E-state index in [1.165, 1.54) is 37.0 Å². The number of rotatable bonds is 8. The second-order valence-corrected chi connectivity index (χ2v) is 8.61. The van der Waals surface area contributed by atoms with Crippen LogP contribution in [-0.4, -0.2) is 21.5 Å². The van der Waals surface area contributed by atoms with E-state index in [9.17, 15) is 8.42 Å². The van der Waals surface area contributed by atoms with E-state index in [1.54, 1.807) is 6.07 Å². The third kappa shape index (κ3) is 4.55. The van der Waals surface area contributed by atoms with Gasteiger partial charge in [-0.15, -0.1) is 11.3 Å². The standard InChI is InChI=1S/C14H24N2O2S2/c15-10-9-13-7-8-14(19-13)20(17,18)16-11-3-6-12-4-1-2-5-12/h7-8,12,16H,1-6,9-11,15H2. The van der Waals surface area contributed by atoms with Gasteiger partial charge in [-0.05, 0) is 43.9 Å². The molecule has 1 aromatic rings. The third-order valence-electron chi connectivity index (χ3n) is 3.85. The van der Waals surface area contributed by atoms with Crippen molar-refractivity contribution in [3.63, 3.8) is 0 Å². The first kappa shape index (κ1) is 15.9. The normalized spacial score (nSPS) is 16.9. The summed E-state index contributed by atoms with van der Waals surface area (Å²) in [5.74, 6) is 0.817. The summed E-state index contributed by atoms with van der Waals surface area (Å²) in [6.45, 7) is 1.10. The molecule has 1 fully saturated rings. The summed E-state index contributed by atoms with van der Waals surface area (Å²) < 4.78 is 27.3. The lowest BCUT2D eigenvalue weighted by Gasteiger charge is -2.09. The number of hydrogen-bond donors (Lipinski definition) is 2. The molecule has 0 saturated heterocycles. The Kier molecular flexibility index (Phi) is 6.01. The Morgan fingerprint density at radius 1 is 1.30 bits per heavy atom. The fraction of sp³-hybridized carbons (Fsp3) is 0.714. The summed E-state index contributed by atoms with van der Waals surface area (Å²) in [6.07, 6.45) is 8.14. The minimum Gasteiger partial charge on any atom is -0.330 e. The van der Waals surface area contributed by atoms with Crippen LogP contribution < -0.4 is 10.5 Å². The quantitative estimate of drug-likeness (QED) is 0.724. The SMILES string of the molecule is NCCc1ccc(S(=O)(=O)NCCCC2CCCC2)s1. The zero-order chi connectivity index (χ0) is 14.4. The molecule has 1 aromatic heterocycles. The molecule has 0 bridgehead atoms. The Labute approximate surface area is 125 Å².